The van der Waals surface area contributed by atoms with E-state index >= 15 is 0 Å². The van der Waals surface area contributed by atoms with Crippen LogP contribution in [-0.2, 0) is 20.0 Å². The van der Waals surface area contributed by atoms with Crippen molar-refractivity contribution in [2.45, 2.75) is 13.0 Å². The Morgan fingerprint density at radius 1 is 1.33 bits per heavy atom. The van der Waals surface area contributed by atoms with Crippen molar-refractivity contribution in [2.24, 2.45) is 7.05 Å². The monoisotopic (exact) mass is 369 g/mol. The van der Waals surface area contributed by atoms with Gasteiger partial charge in [-0.3, -0.25) is 19.1 Å². The van der Waals surface area contributed by atoms with Gasteiger partial charge >= 0.3 is 0 Å². The number of ketones is 1. The fourth-order valence-corrected chi connectivity index (χ4v) is 2.70. The highest BCUT2D eigenvalue weighted by atomic mass is 16.5. The van der Waals surface area contributed by atoms with Crippen LogP contribution in [0.5, 0.6) is 5.75 Å². The van der Waals surface area contributed by atoms with Gasteiger partial charge in [-0.2, -0.15) is 0 Å². The molecule has 27 heavy (non-hydrogen) atoms. The van der Waals surface area contributed by atoms with Crippen molar-refractivity contribution in [1.29, 1.82) is 0 Å². The van der Waals surface area contributed by atoms with Crippen LogP contribution >= 0.6 is 0 Å². The fourth-order valence-electron chi connectivity index (χ4n) is 2.70. The first-order valence-electron chi connectivity index (χ1n) is 8.17. The minimum Gasteiger partial charge on any atom is -0.489 e. The van der Waals surface area contributed by atoms with Crippen LogP contribution in [0.2, 0.25) is 0 Å². The number of hydrogen-bond acceptors (Lipinski definition) is 8. The largest absolute Gasteiger partial charge is 0.489 e. The molecule has 9 heteroatoms. The van der Waals surface area contributed by atoms with Gasteiger partial charge in [0.1, 0.15) is 6.26 Å². The molecule has 0 aliphatic rings. The normalized spacial score (nSPS) is 10.6. The van der Waals surface area contributed by atoms with Crippen LogP contribution in [0.3, 0.4) is 0 Å². The zero-order valence-corrected chi connectivity index (χ0v) is 15.2. The average molecular weight is 369 g/mol. The van der Waals surface area contributed by atoms with E-state index < -0.39 is 5.56 Å². The lowest BCUT2D eigenvalue weighted by Gasteiger charge is -2.22. The van der Waals surface area contributed by atoms with Gasteiger partial charge < -0.3 is 14.2 Å². The number of pyridine rings is 1. The zero-order chi connectivity index (χ0) is 19.4. The average Bonchev–Trinajstić information content (AvgIpc) is 3.17. The second-order valence-electron chi connectivity index (χ2n) is 6.01. The Balaban J connectivity index is 1.98. The van der Waals surface area contributed by atoms with Crippen LogP contribution in [0.15, 0.2) is 46.3 Å². The summed E-state index contributed by atoms with van der Waals surface area (Å²) in [4.78, 5) is 35.7. The van der Waals surface area contributed by atoms with Gasteiger partial charge in [-0.25, -0.2) is 4.98 Å². The molecule has 0 unspecified atom stereocenters. The Morgan fingerprint density at radius 3 is 2.78 bits per heavy atom. The summed E-state index contributed by atoms with van der Waals surface area (Å²) in [7, 11) is 4.71. The lowest BCUT2D eigenvalue weighted by molar-refractivity contribution is 0.0984. The van der Waals surface area contributed by atoms with E-state index in [1.807, 2.05) is 12.1 Å². The number of hydrogen-bond donors (Lipinski definition) is 0. The van der Waals surface area contributed by atoms with Crippen LogP contribution in [-0.4, -0.2) is 39.6 Å². The van der Waals surface area contributed by atoms with E-state index in [2.05, 4.69) is 15.1 Å². The highest BCUT2D eigenvalue weighted by Gasteiger charge is 2.23. The number of ether oxygens (including phenoxy) is 1. The van der Waals surface area contributed by atoms with Crippen molar-refractivity contribution < 1.29 is 14.1 Å². The molecule has 0 amide bonds. The van der Waals surface area contributed by atoms with E-state index in [9.17, 15) is 9.59 Å². The minimum absolute atomic E-state index is 0.00574. The van der Waals surface area contributed by atoms with Crippen LogP contribution in [0, 0.1) is 0 Å². The first-order valence-corrected chi connectivity index (χ1v) is 8.17. The molecule has 0 fully saturated rings. The van der Waals surface area contributed by atoms with Gasteiger partial charge in [0.2, 0.25) is 11.7 Å². The molecule has 0 aliphatic heterocycles. The van der Waals surface area contributed by atoms with Crippen LogP contribution in [0.4, 0.5) is 5.95 Å². The number of aromatic nitrogens is 4. The summed E-state index contributed by atoms with van der Waals surface area (Å²) < 4.78 is 11.3. The smallest absolute Gasteiger partial charge is 0.297 e. The number of anilines is 1. The lowest BCUT2D eigenvalue weighted by Crippen LogP contribution is -2.31. The Bertz CT molecular complexity index is 983. The fraction of sp³-hybridized carbons (Fsp3) is 0.278. The molecule has 0 N–H and O–H groups in total. The third-order valence-electron chi connectivity index (χ3n) is 4.03. The van der Waals surface area contributed by atoms with Crippen LogP contribution in [0.25, 0.3) is 0 Å². The Labute approximate surface area is 155 Å². The first kappa shape index (κ1) is 18.3. The quantitative estimate of drug-likeness (QED) is 0.573. The second-order valence-corrected chi connectivity index (χ2v) is 6.01. The lowest BCUT2D eigenvalue weighted by atomic mass is 10.1. The molecule has 3 heterocycles. The molecular formula is C18H19N5O4. The van der Waals surface area contributed by atoms with Crippen molar-refractivity contribution in [2.75, 3.05) is 19.1 Å². The van der Waals surface area contributed by atoms with Crippen molar-refractivity contribution in [1.82, 2.24) is 19.7 Å². The van der Waals surface area contributed by atoms with Crippen molar-refractivity contribution in [3.63, 3.8) is 0 Å². The molecule has 0 saturated carbocycles. The van der Waals surface area contributed by atoms with Gasteiger partial charge in [-0.05, 0) is 11.6 Å². The van der Waals surface area contributed by atoms with E-state index in [0.29, 0.717) is 18.1 Å². The van der Waals surface area contributed by atoms with Crippen LogP contribution < -0.4 is 15.2 Å². The molecule has 3 aromatic rings. The van der Waals surface area contributed by atoms with Gasteiger partial charge in [0.25, 0.3) is 5.56 Å². The van der Waals surface area contributed by atoms with Gasteiger partial charge in [-0.15, -0.1) is 0 Å². The number of Topliss-reactive ketones (excluding diaryl/α,β-unsaturated/α-hetero) is 1. The summed E-state index contributed by atoms with van der Waals surface area (Å²) in [5, 5.41) is 3.58. The Kier molecular flexibility index (Phi) is 5.30. The topological polar surface area (TPSA) is 103 Å². The highest BCUT2D eigenvalue weighted by Crippen LogP contribution is 2.19. The number of methoxy groups -OCH3 is 1. The summed E-state index contributed by atoms with van der Waals surface area (Å²) in [6, 6.07) is 3.75. The molecule has 0 aromatic carbocycles. The molecule has 0 spiro atoms. The maximum absolute atomic E-state index is 12.7. The predicted octanol–water partition coefficient (Wildman–Crippen LogP) is 1.23. The number of carbonyl (C=O) groups is 1. The van der Waals surface area contributed by atoms with Gasteiger partial charge in [0.15, 0.2) is 11.5 Å². The first-order chi connectivity index (χ1) is 13.0. The number of rotatable bonds is 7. The van der Waals surface area contributed by atoms with Crippen LogP contribution in [0.1, 0.15) is 21.6 Å². The maximum atomic E-state index is 12.7. The summed E-state index contributed by atoms with van der Waals surface area (Å²) in [5.74, 6) is -0.0976. The maximum Gasteiger partial charge on any atom is 0.297 e. The summed E-state index contributed by atoms with van der Waals surface area (Å²) in [5.41, 5.74) is 1.08. The number of carbonyl (C=O) groups excluding carboxylic acids is 1. The highest BCUT2D eigenvalue weighted by molar-refractivity contribution is 5.98. The van der Waals surface area contributed by atoms with Gasteiger partial charge in [0.05, 0.1) is 13.3 Å². The molecule has 3 aromatic heterocycles. The van der Waals surface area contributed by atoms with Crippen molar-refractivity contribution >= 4 is 11.7 Å². The molecule has 0 bridgehead atoms. The third kappa shape index (κ3) is 3.86. The summed E-state index contributed by atoms with van der Waals surface area (Å²) >= 11 is 0. The molecule has 0 aliphatic carbocycles. The molecule has 0 saturated heterocycles. The Morgan fingerprint density at radius 2 is 2.15 bits per heavy atom. The predicted molar refractivity (Wildman–Crippen MR) is 96.9 cm³/mol. The molecular weight excluding hydrogens is 350 g/mol. The molecule has 9 nitrogen and oxygen atoms in total. The van der Waals surface area contributed by atoms with E-state index in [0.717, 1.165) is 5.56 Å². The van der Waals surface area contributed by atoms with Gasteiger partial charge in [0, 0.05) is 45.0 Å². The molecule has 3 rings (SSSR count). The zero-order valence-electron chi connectivity index (χ0n) is 15.2. The molecule has 0 radical (unpaired) electrons. The van der Waals surface area contributed by atoms with E-state index in [-0.39, 0.29) is 23.6 Å². The standard InChI is InChI=1S/C18H19N5O4/c1-22(10-12-5-4-6-19-8-12)18-21-15(16(26-3)17(25)23(18)2)14(24)7-13-9-20-27-11-13/h4-6,8-9,11H,7,10H2,1-3H3. The van der Waals surface area contributed by atoms with E-state index in [4.69, 9.17) is 9.26 Å². The second kappa shape index (κ2) is 7.81. The number of nitrogens with zero attached hydrogens (tertiary/aromatic N) is 5. The minimum atomic E-state index is -0.436. The van der Waals surface area contributed by atoms with Crippen molar-refractivity contribution in [3.8, 4) is 5.75 Å². The molecule has 0 atom stereocenters. The summed E-state index contributed by atoms with van der Waals surface area (Å²) in [6.07, 6.45) is 6.25. The SMILES string of the molecule is COc1c(C(=O)Cc2cnoc2)nc(N(C)Cc2cccnc2)n(C)c1=O. The van der Waals surface area contributed by atoms with E-state index in [1.165, 1.54) is 24.1 Å². The third-order valence-corrected chi connectivity index (χ3v) is 4.03. The van der Waals surface area contributed by atoms with Crippen molar-refractivity contribution in [3.05, 3.63) is 64.2 Å². The summed E-state index contributed by atoms with van der Waals surface area (Å²) in [6.45, 7) is 0.472. The Hall–Kier alpha value is -3.49. The van der Waals surface area contributed by atoms with E-state index in [1.54, 1.807) is 31.4 Å². The molecule has 140 valence electrons. The van der Waals surface area contributed by atoms with Gasteiger partial charge in [-0.1, -0.05) is 11.2 Å².